The number of aromatic nitrogens is 2. The molecule has 1 aromatic heterocycles. The average molecular weight is 550 g/mol. The smallest absolute Gasteiger partial charge is 0.332 e. The molecule has 2 unspecified atom stereocenters. The van der Waals surface area contributed by atoms with Crippen LogP contribution in [0.25, 0.3) is 0 Å². The summed E-state index contributed by atoms with van der Waals surface area (Å²) >= 11 is 7.71. The van der Waals surface area contributed by atoms with E-state index in [2.05, 4.69) is 26.0 Å². The second-order valence-electron chi connectivity index (χ2n) is 9.42. The number of aliphatic imine (C=N–C) groups is 1. The van der Waals surface area contributed by atoms with Crippen molar-refractivity contribution < 1.29 is 9.47 Å². The summed E-state index contributed by atoms with van der Waals surface area (Å²) in [5.41, 5.74) is 1.08. The molecule has 0 bridgehead atoms. The van der Waals surface area contributed by atoms with Crippen molar-refractivity contribution in [1.29, 1.82) is 0 Å². The van der Waals surface area contributed by atoms with E-state index < -0.39 is 0 Å². The van der Waals surface area contributed by atoms with Crippen molar-refractivity contribution in [3.8, 4) is 0 Å². The van der Waals surface area contributed by atoms with Crippen molar-refractivity contribution in [2.24, 2.45) is 18.0 Å². The lowest BCUT2D eigenvalue weighted by Crippen LogP contribution is -2.40. The highest BCUT2D eigenvalue weighted by molar-refractivity contribution is 8.13. The van der Waals surface area contributed by atoms with Crippen LogP contribution >= 0.6 is 23.4 Å². The number of nitrogens with zero attached hydrogens (tertiary/aromatic N) is 3. The van der Waals surface area contributed by atoms with E-state index in [1.54, 1.807) is 25.7 Å². The van der Waals surface area contributed by atoms with Gasteiger partial charge in [0.05, 0.1) is 17.2 Å². The number of rotatable bonds is 12. The monoisotopic (exact) mass is 549 g/mol. The molecule has 7 nitrogen and oxygen atoms in total. The van der Waals surface area contributed by atoms with Crippen LogP contribution in [0.5, 0.6) is 0 Å². The van der Waals surface area contributed by atoms with Gasteiger partial charge in [-0.05, 0) is 75.3 Å². The minimum Gasteiger partial charge on any atom is -0.353 e. The van der Waals surface area contributed by atoms with Crippen molar-refractivity contribution in [1.82, 2.24) is 9.13 Å². The molecule has 2 atom stereocenters. The molecule has 0 amide bonds. The third-order valence-electron chi connectivity index (χ3n) is 6.75. The zero-order valence-corrected chi connectivity index (χ0v) is 24.1. The number of thioether (sulfide) groups is 1. The van der Waals surface area contributed by atoms with E-state index in [0.29, 0.717) is 31.0 Å². The van der Waals surface area contributed by atoms with Crippen LogP contribution in [-0.2, 0) is 29.5 Å². The maximum absolute atomic E-state index is 13.2. The van der Waals surface area contributed by atoms with E-state index in [-0.39, 0.29) is 23.5 Å². The van der Waals surface area contributed by atoms with Gasteiger partial charge in [0.15, 0.2) is 6.29 Å². The predicted molar refractivity (Wildman–Crippen MR) is 154 cm³/mol. The van der Waals surface area contributed by atoms with Crippen LogP contribution in [0, 0.1) is 12.8 Å². The fourth-order valence-corrected chi connectivity index (χ4v) is 5.63. The lowest BCUT2D eigenvalue weighted by atomic mass is 9.98. The molecule has 1 aromatic carbocycles. The number of benzene rings is 1. The summed E-state index contributed by atoms with van der Waals surface area (Å²) in [6.07, 6.45) is 6.22. The molecule has 1 fully saturated rings. The second kappa shape index (κ2) is 14.9. The Morgan fingerprint density at radius 3 is 2.65 bits per heavy atom. The number of ether oxygens (including phenoxy) is 2. The van der Waals surface area contributed by atoms with E-state index in [1.165, 1.54) is 14.7 Å². The van der Waals surface area contributed by atoms with Crippen molar-refractivity contribution in [3.05, 3.63) is 61.3 Å². The Labute approximate surface area is 229 Å². The van der Waals surface area contributed by atoms with Gasteiger partial charge in [-0.25, -0.2) is 9.79 Å². The fourth-order valence-electron chi connectivity index (χ4n) is 4.53. The topological polar surface area (TPSA) is 74.8 Å². The van der Waals surface area contributed by atoms with E-state index in [0.717, 1.165) is 61.0 Å². The van der Waals surface area contributed by atoms with E-state index in [9.17, 15) is 9.59 Å². The van der Waals surface area contributed by atoms with Crippen molar-refractivity contribution >= 4 is 34.2 Å². The van der Waals surface area contributed by atoms with Gasteiger partial charge in [-0.3, -0.25) is 13.9 Å². The Hall–Kier alpha value is -1.87. The van der Waals surface area contributed by atoms with Gasteiger partial charge in [-0.15, -0.1) is 11.8 Å². The van der Waals surface area contributed by atoms with Crippen molar-refractivity contribution in [2.75, 3.05) is 19.0 Å². The van der Waals surface area contributed by atoms with Crippen molar-refractivity contribution in [2.45, 2.75) is 78.6 Å². The maximum Gasteiger partial charge on any atom is 0.332 e. The van der Waals surface area contributed by atoms with Gasteiger partial charge in [0.2, 0.25) is 0 Å². The second-order valence-corrected chi connectivity index (χ2v) is 11.1. The summed E-state index contributed by atoms with van der Waals surface area (Å²) < 4.78 is 14.2. The Bertz CT molecular complexity index is 1120. The first-order valence-electron chi connectivity index (χ1n) is 13.3. The Morgan fingerprint density at radius 2 is 2.00 bits per heavy atom. The number of hydrogen-bond donors (Lipinski definition) is 0. The van der Waals surface area contributed by atoms with Gasteiger partial charge >= 0.3 is 5.69 Å². The minimum absolute atomic E-state index is 0.174. The third kappa shape index (κ3) is 8.31. The first kappa shape index (κ1) is 29.7. The van der Waals surface area contributed by atoms with Crippen LogP contribution in [0.3, 0.4) is 0 Å². The van der Waals surface area contributed by atoms with Crippen LogP contribution in [0.2, 0.25) is 5.02 Å². The third-order valence-corrected chi connectivity index (χ3v) is 8.01. The highest BCUT2D eigenvalue weighted by Gasteiger charge is 2.19. The van der Waals surface area contributed by atoms with Crippen molar-refractivity contribution in [3.63, 3.8) is 0 Å². The molecular formula is C28H40ClN3O4S. The summed E-state index contributed by atoms with van der Waals surface area (Å²) in [6, 6.07) is 7.94. The molecule has 0 N–H and O–H groups in total. The summed E-state index contributed by atoms with van der Waals surface area (Å²) in [5, 5.41) is 1.70. The zero-order chi connectivity index (χ0) is 26.8. The minimum atomic E-state index is -0.349. The zero-order valence-electron chi connectivity index (χ0n) is 22.5. The molecule has 0 aliphatic carbocycles. The molecule has 9 heteroatoms. The summed E-state index contributed by atoms with van der Waals surface area (Å²) in [4.78, 5) is 31.3. The Kier molecular flexibility index (Phi) is 12.0. The van der Waals surface area contributed by atoms with Crippen LogP contribution < -0.4 is 11.2 Å². The van der Waals surface area contributed by atoms with Gasteiger partial charge < -0.3 is 9.47 Å². The molecule has 1 aliphatic rings. The van der Waals surface area contributed by atoms with E-state index in [1.807, 2.05) is 12.1 Å². The summed E-state index contributed by atoms with van der Waals surface area (Å²) in [5.74, 6) is 1.54. The quantitative estimate of drug-likeness (QED) is 0.188. The molecule has 3 rings (SSSR count). The largest absolute Gasteiger partial charge is 0.353 e. The summed E-state index contributed by atoms with van der Waals surface area (Å²) in [7, 11) is 1.69. The lowest BCUT2D eigenvalue weighted by Gasteiger charge is -2.22. The van der Waals surface area contributed by atoms with E-state index >= 15 is 0 Å². The van der Waals surface area contributed by atoms with Crippen LogP contribution in [0.15, 0.2) is 38.8 Å². The summed E-state index contributed by atoms with van der Waals surface area (Å²) in [6.45, 7) is 7.48. The molecule has 1 aliphatic heterocycles. The number of aryl methyl sites for hydroxylation is 1. The first-order chi connectivity index (χ1) is 17.8. The van der Waals surface area contributed by atoms with Gasteiger partial charge in [-0.2, -0.15) is 0 Å². The van der Waals surface area contributed by atoms with Gasteiger partial charge in [0.1, 0.15) is 5.82 Å². The molecular weight excluding hydrogens is 510 g/mol. The highest BCUT2D eigenvalue weighted by Crippen LogP contribution is 2.26. The predicted octanol–water partition coefficient (Wildman–Crippen LogP) is 5.88. The number of halogens is 1. The Morgan fingerprint density at radius 1 is 1.24 bits per heavy atom. The molecule has 1 saturated heterocycles. The SMILES string of the molecule is CCSC(=Nc1c(C)c(=O)n(CCCOC2CCCCO2)c(=O)n1C)C(CC)CCc1ccc(Cl)cc1. The molecule has 204 valence electrons. The van der Waals surface area contributed by atoms with Crippen LogP contribution in [-0.4, -0.2) is 39.4 Å². The molecule has 0 radical (unpaired) electrons. The highest BCUT2D eigenvalue weighted by atomic mass is 35.5. The molecule has 37 heavy (non-hydrogen) atoms. The molecule has 2 aromatic rings. The average Bonchev–Trinajstić information content (AvgIpc) is 2.91. The van der Waals surface area contributed by atoms with Gasteiger partial charge in [-0.1, -0.05) is 37.6 Å². The first-order valence-corrected chi connectivity index (χ1v) is 14.7. The normalized spacial score (nSPS) is 17.2. The lowest BCUT2D eigenvalue weighted by molar-refractivity contribution is -0.163. The van der Waals surface area contributed by atoms with Crippen LogP contribution in [0.4, 0.5) is 5.82 Å². The standard InChI is InChI=1S/C28H40ClN3O4S/c1-5-22(14-11-21-12-15-23(29)16-13-21)26(37-6-2)30-25-20(3)27(33)32(28(34)31(25)4)17-9-19-36-24-10-7-8-18-35-24/h12-13,15-16,22,24H,5-11,14,17-19H2,1-4H3. The molecule has 0 spiro atoms. The molecule has 2 heterocycles. The Balaban J connectivity index is 1.76. The van der Waals surface area contributed by atoms with Gasteiger partial charge in [0.25, 0.3) is 5.56 Å². The van der Waals surface area contributed by atoms with E-state index in [4.69, 9.17) is 26.1 Å². The maximum atomic E-state index is 13.2. The fraction of sp³-hybridized carbons (Fsp3) is 0.607. The van der Waals surface area contributed by atoms with Crippen LogP contribution in [0.1, 0.15) is 63.5 Å². The molecule has 0 saturated carbocycles. The number of hydrogen-bond acceptors (Lipinski definition) is 6. The van der Waals surface area contributed by atoms with Gasteiger partial charge in [0, 0.05) is 31.1 Å².